The molecule has 80 valence electrons. The van der Waals surface area contributed by atoms with E-state index in [2.05, 4.69) is 0 Å². The molecule has 1 aliphatic heterocycles. The molecule has 0 aromatic carbocycles. The van der Waals surface area contributed by atoms with Crippen LogP contribution in [0.5, 0.6) is 0 Å². The van der Waals surface area contributed by atoms with E-state index in [9.17, 15) is 4.79 Å². The third-order valence-corrected chi connectivity index (χ3v) is 4.39. The second-order valence-electron chi connectivity index (χ2n) is 3.06. The van der Waals surface area contributed by atoms with Gasteiger partial charge in [0.15, 0.2) is 0 Å². The molecule has 0 radical (unpaired) electrons. The Hall–Kier alpha value is -0.130. The minimum atomic E-state index is 0.138. The third kappa shape index (κ3) is 3.55. The Morgan fingerprint density at radius 3 is 2.50 bits per heavy atom. The first-order valence-electron chi connectivity index (χ1n) is 4.66. The zero-order valence-corrected chi connectivity index (χ0v) is 10.00. The lowest BCUT2D eigenvalue weighted by molar-refractivity contribution is -0.126. The number of rotatable bonds is 2. The largest absolute Gasteiger partial charge is 0.337 e. The number of nitrogens with two attached hydrogens (primary N) is 1. The van der Waals surface area contributed by atoms with E-state index in [4.69, 9.17) is 5.73 Å². The van der Waals surface area contributed by atoms with Crippen LogP contribution in [0.15, 0.2) is 11.6 Å². The highest BCUT2D eigenvalue weighted by atomic mass is 33.1. The molecule has 1 amide bonds. The maximum atomic E-state index is 11.8. The Labute approximate surface area is 92.9 Å². The van der Waals surface area contributed by atoms with Crippen LogP contribution >= 0.6 is 21.6 Å². The Morgan fingerprint density at radius 2 is 2.00 bits per heavy atom. The lowest BCUT2D eigenvalue weighted by atomic mass is 10.2. The molecule has 2 N–H and O–H groups in total. The Balaban J connectivity index is 2.53. The van der Waals surface area contributed by atoms with E-state index < -0.39 is 0 Å². The van der Waals surface area contributed by atoms with Gasteiger partial charge < -0.3 is 10.6 Å². The SMILES string of the molecule is C/C(=C\CN)C(=O)N1CCSSCC1. The van der Waals surface area contributed by atoms with Crippen LogP contribution in [0, 0.1) is 0 Å². The third-order valence-electron chi connectivity index (χ3n) is 2.02. The van der Waals surface area contributed by atoms with Crippen molar-refractivity contribution >= 4 is 27.5 Å². The molecule has 5 heteroatoms. The standard InChI is InChI=1S/C9H16N2OS2/c1-8(2-3-10)9(12)11-4-6-13-14-7-5-11/h2H,3-7,10H2,1H3/b8-2+. The molecule has 0 aromatic rings. The Morgan fingerprint density at radius 1 is 1.43 bits per heavy atom. The van der Waals surface area contributed by atoms with E-state index >= 15 is 0 Å². The monoisotopic (exact) mass is 232 g/mol. The van der Waals surface area contributed by atoms with Gasteiger partial charge in [0.05, 0.1) is 0 Å². The van der Waals surface area contributed by atoms with Crippen molar-refractivity contribution in [1.82, 2.24) is 4.90 Å². The lowest BCUT2D eigenvalue weighted by Crippen LogP contribution is -2.34. The Kier molecular flexibility index (Phi) is 5.44. The maximum absolute atomic E-state index is 11.8. The van der Waals surface area contributed by atoms with Crippen molar-refractivity contribution in [2.75, 3.05) is 31.1 Å². The summed E-state index contributed by atoms with van der Waals surface area (Å²) in [5.74, 6) is 2.18. The van der Waals surface area contributed by atoms with Crippen molar-refractivity contribution in [2.24, 2.45) is 5.73 Å². The number of carbonyl (C=O) groups is 1. The van der Waals surface area contributed by atoms with Crippen molar-refractivity contribution in [3.8, 4) is 0 Å². The van der Waals surface area contributed by atoms with Gasteiger partial charge in [0.25, 0.3) is 0 Å². The molecule has 0 spiro atoms. The van der Waals surface area contributed by atoms with Gasteiger partial charge in [-0.1, -0.05) is 27.7 Å². The summed E-state index contributed by atoms with van der Waals surface area (Å²) in [6, 6.07) is 0. The normalized spacial score (nSPS) is 19.3. The fraction of sp³-hybridized carbons (Fsp3) is 0.667. The molecule has 0 aromatic heterocycles. The van der Waals surface area contributed by atoms with E-state index in [-0.39, 0.29) is 5.91 Å². The highest BCUT2D eigenvalue weighted by molar-refractivity contribution is 8.76. The van der Waals surface area contributed by atoms with E-state index in [1.54, 1.807) is 6.08 Å². The predicted molar refractivity (Wildman–Crippen MR) is 64.3 cm³/mol. The van der Waals surface area contributed by atoms with E-state index in [1.165, 1.54) is 0 Å². The van der Waals surface area contributed by atoms with E-state index in [0.29, 0.717) is 6.54 Å². The van der Waals surface area contributed by atoms with Crippen molar-refractivity contribution in [1.29, 1.82) is 0 Å². The van der Waals surface area contributed by atoms with Crippen LogP contribution in [0.2, 0.25) is 0 Å². The summed E-state index contributed by atoms with van der Waals surface area (Å²) in [6.45, 7) is 3.98. The van der Waals surface area contributed by atoms with Crippen LogP contribution in [0.1, 0.15) is 6.92 Å². The molecule has 0 bridgehead atoms. The van der Waals surface area contributed by atoms with Gasteiger partial charge in [-0.3, -0.25) is 4.79 Å². The molecular formula is C9H16N2OS2. The van der Waals surface area contributed by atoms with Gasteiger partial charge in [0, 0.05) is 36.7 Å². The van der Waals surface area contributed by atoms with Crippen LogP contribution in [0.4, 0.5) is 0 Å². The molecule has 0 aliphatic carbocycles. The number of amides is 1. The summed E-state index contributed by atoms with van der Waals surface area (Å²) < 4.78 is 0. The summed E-state index contributed by atoms with van der Waals surface area (Å²) in [7, 11) is 3.68. The van der Waals surface area contributed by atoms with Gasteiger partial charge in [-0.25, -0.2) is 0 Å². The van der Waals surface area contributed by atoms with Crippen LogP contribution in [-0.2, 0) is 4.79 Å². The van der Waals surface area contributed by atoms with Gasteiger partial charge in [-0.05, 0) is 6.92 Å². The molecule has 14 heavy (non-hydrogen) atoms. The highest BCUT2D eigenvalue weighted by Crippen LogP contribution is 2.24. The van der Waals surface area contributed by atoms with Crippen molar-refractivity contribution in [2.45, 2.75) is 6.92 Å². The average molecular weight is 232 g/mol. The molecule has 0 unspecified atom stereocenters. The van der Waals surface area contributed by atoms with Gasteiger partial charge in [-0.2, -0.15) is 0 Å². The topological polar surface area (TPSA) is 46.3 Å². The predicted octanol–water partition coefficient (Wildman–Crippen LogP) is 1.11. The molecule has 0 atom stereocenters. The number of carbonyl (C=O) groups excluding carboxylic acids is 1. The molecule has 0 saturated carbocycles. The summed E-state index contributed by atoms with van der Waals surface area (Å²) in [6.07, 6.45) is 1.79. The molecule has 3 nitrogen and oxygen atoms in total. The summed E-state index contributed by atoms with van der Waals surface area (Å²) in [5.41, 5.74) is 6.14. The fourth-order valence-corrected chi connectivity index (χ4v) is 3.22. The highest BCUT2D eigenvalue weighted by Gasteiger charge is 2.16. The van der Waals surface area contributed by atoms with Crippen LogP contribution < -0.4 is 5.73 Å². The zero-order chi connectivity index (χ0) is 10.4. The minimum Gasteiger partial charge on any atom is -0.337 e. The smallest absolute Gasteiger partial charge is 0.249 e. The minimum absolute atomic E-state index is 0.138. The Bertz CT molecular complexity index is 223. The number of hydrogen-bond donors (Lipinski definition) is 1. The van der Waals surface area contributed by atoms with Gasteiger partial charge in [0.1, 0.15) is 0 Å². The van der Waals surface area contributed by atoms with Gasteiger partial charge in [-0.15, -0.1) is 0 Å². The van der Waals surface area contributed by atoms with Gasteiger partial charge in [0.2, 0.25) is 5.91 Å². The van der Waals surface area contributed by atoms with Crippen molar-refractivity contribution in [3.05, 3.63) is 11.6 Å². The molecule has 1 heterocycles. The maximum Gasteiger partial charge on any atom is 0.249 e. The van der Waals surface area contributed by atoms with E-state index in [1.807, 2.05) is 33.4 Å². The van der Waals surface area contributed by atoms with E-state index in [0.717, 1.165) is 30.2 Å². The number of hydrogen-bond acceptors (Lipinski definition) is 4. The summed E-state index contributed by atoms with van der Waals surface area (Å²) in [5, 5.41) is 0. The quantitative estimate of drug-likeness (QED) is 0.572. The molecule has 1 saturated heterocycles. The second kappa shape index (κ2) is 6.37. The van der Waals surface area contributed by atoms with Crippen LogP contribution in [0.25, 0.3) is 0 Å². The van der Waals surface area contributed by atoms with Crippen LogP contribution in [-0.4, -0.2) is 41.9 Å². The molecule has 1 aliphatic rings. The lowest BCUT2D eigenvalue weighted by Gasteiger charge is -2.19. The number of nitrogens with zero attached hydrogens (tertiary/aromatic N) is 1. The second-order valence-corrected chi connectivity index (χ2v) is 5.76. The zero-order valence-electron chi connectivity index (χ0n) is 8.36. The molecular weight excluding hydrogens is 216 g/mol. The summed E-state index contributed by atoms with van der Waals surface area (Å²) >= 11 is 0. The molecule has 1 fully saturated rings. The van der Waals surface area contributed by atoms with Crippen molar-refractivity contribution < 1.29 is 4.79 Å². The first kappa shape index (κ1) is 11.9. The first-order valence-corrected chi connectivity index (χ1v) is 7.15. The first-order chi connectivity index (χ1) is 6.75. The van der Waals surface area contributed by atoms with Gasteiger partial charge >= 0.3 is 0 Å². The average Bonchev–Trinajstić information content (AvgIpc) is 2.45. The summed E-state index contributed by atoms with van der Waals surface area (Å²) in [4.78, 5) is 13.7. The molecule has 1 rings (SSSR count). The fourth-order valence-electron chi connectivity index (χ4n) is 1.24. The van der Waals surface area contributed by atoms with Crippen LogP contribution in [0.3, 0.4) is 0 Å². The van der Waals surface area contributed by atoms with Crippen molar-refractivity contribution in [3.63, 3.8) is 0 Å².